The third-order valence-electron chi connectivity index (χ3n) is 3.76. The first-order valence-electron chi connectivity index (χ1n) is 7.90. The Morgan fingerprint density at radius 2 is 2.29 bits per heavy atom. The zero-order valence-electron chi connectivity index (χ0n) is 14.6. The van der Waals surface area contributed by atoms with E-state index in [1.807, 2.05) is 32.1 Å². The molecular formula is C17H25BrN4O2. The molecule has 24 heavy (non-hydrogen) atoms. The first-order valence-corrected chi connectivity index (χ1v) is 8.69. The van der Waals surface area contributed by atoms with Crippen LogP contribution in [0.3, 0.4) is 0 Å². The lowest BCUT2D eigenvalue weighted by Crippen LogP contribution is -2.40. The Morgan fingerprint density at radius 1 is 1.54 bits per heavy atom. The lowest BCUT2D eigenvalue weighted by atomic mass is 10.0. The number of hydrogen-bond acceptors (Lipinski definition) is 3. The number of rotatable bonds is 6. The van der Waals surface area contributed by atoms with Gasteiger partial charge < -0.3 is 24.3 Å². The van der Waals surface area contributed by atoms with Crippen LogP contribution in [0.1, 0.15) is 25.3 Å². The maximum atomic E-state index is 10.6. The number of aliphatic hydroxyl groups is 1. The fraction of sp³-hybridized carbons (Fsp3) is 0.471. The van der Waals surface area contributed by atoms with Crippen LogP contribution in [0.25, 0.3) is 0 Å². The van der Waals surface area contributed by atoms with Crippen LogP contribution in [0.2, 0.25) is 0 Å². The van der Waals surface area contributed by atoms with Gasteiger partial charge >= 0.3 is 0 Å². The standard InChI is InChI=1S/C17H25BrN4O2/c1-5-19-16(20-12-17(2,23)15-7-6-8-24-15)22(4)11-14-9-13(18)10-21(14)3/h6-10,23H,5,11-12H2,1-4H3,(H,19,20). The van der Waals surface area contributed by atoms with Crippen molar-refractivity contribution in [1.82, 2.24) is 14.8 Å². The van der Waals surface area contributed by atoms with Gasteiger partial charge in [-0.25, -0.2) is 4.99 Å². The summed E-state index contributed by atoms with van der Waals surface area (Å²) in [7, 11) is 3.99. The molecule has 132 valence electrons. The molecule has 0 bridgehead atoms. The molecule has 2 aromatic rings. The molecule has 2 rings (SSSR count). The summed E-state index contributed by atoms with van der Waals surface area (Å²) in [6, 6.07) is 5.60. The summed E-state index contributed by atoms with van der Waals surface area (Å²) in [6.07, 6.45) is 3.58. The van der Waals surface area contributed by atoms with Crippen molar-refractivity contribution in [2.45, 2.75) is 26.0 Å². The van der Waals surface area contributed by atoms with Gasteiger partial charge in [0.25, 0.3) is 0 Å². The third-order valence-corrected chi connectivity index (χ3v) is 4.19. The molecule has 0 fully saturated rings. The summed E-state index contributed by atoms with van der Waals surface area (Å²) in [5, 5.41) is 13.8. The second-order valence-electron chi connectivity index (χ2n) is 6.04. The number of aliphatic imine (C=N–C) groups is 1. The molecule has 1 unspecified atom stereocenters. The quantitative estimate of drug-likeness (QED) is 0.581. The van der Waals surface area contributed by atoms with E-state index < -0.39 is 5.60 Å². The summed E-state index contributed by atoms with van der Waals surface area (Å²) < 4.78 is 8.43. The highest BCUT2D eigenvalue weighted by atomic mass is 79.9. The molecule has 0 saturated carbocycles. The number of furan rings is 1. The Labute approximate surface area is 151 Å². The lowest BCUT2D eigenvalue weighted by Gasteiger charge is -2.24. The molecule has 0 amide bonds. The van der Waals surface area contributed by atoms with Crippen molar-refractivity contribution < 1.29 is 9.52 Å². The van der Waals surface area contributed by atoms with Crippen LogP contribution in [0.4, 0.5) is 0 Å². The van der Waals surface area contributed by atoms with Crippen LogP contribution in [0.5, 0.6) is 0 Å². The SMILES string of the molecule is CCNC(=NCC(C)(O)c1ccco1)N(C)Cc1cc(Br)cn1C. The average molecular weight is 397 g/mol. The fourth-order valence-electron chi connectivity index (χ4n) is 2.40. The number of halogens is 1. The van der Waals surface area contributed by atoms with E-state index in [0.717, 1.165) is 22.7 Å². The minimum absolute atomic E-state index is 0.212. The van der Waals surface area contributed by atoms with Crippen molar-refractivity contribution in [3.63, 3.8) is 0 Å². The van der Waals surface area contributed by atoms with Gasteiger partial charge in [-0.2, -0.15) is 0 Å². The van der Waals surface area contributed by atoms with Crippen LogP contribution < -0.4 is 5.32 Å². The van der Waals surface area contributed by atoms with E-state index in [4.69, 9.17) is 4.42 Å². The molecule has 1 atom stereocenters. The largest absolute Gasteiger partial charge is 0.466 e. The average Bonchev–Trinajstić information content (AvgIpc) is 3.14. The number of hydrogen-bond donors (Lipinski definition) is 2. The van der Waals surface area contributed by atoms with Crippen molar-refractivity contribution in [2.75, 3.05) is 20.1 Å². The zero-order chi connectivity index (χ0) is 17.7. The number of nitrogens with one attached hydrogen (secondary N) is 1. The highest BCUT2D eigenvalue weighted by molar-refractivity contribution is 9.10. The summed E-state index contributed by atoms with van der Waals surface area (Å²) >= 11 is 3.49. The number of guanidine groups is 1. The molecule has 0 aliphatic heterocycles. The molecule has 0 aliphatic rings. The van der Waals surface area contributed by atoms with E-state index in [-0.39, 0.29) is 6.54 Å². The predicted molar refractivity (Wildman–Crippen MR) is 98.8 cm³/mol. The molecule has 6 nitrogen and oxygen atoms in total. The summed E-state index contributed by atoms with van der Waals surface area (Å²) in [4.78, 5) is 6.61. The van der Waals surface area contributed by atoms with E-state index in [0.29, 0.717) is 12.3 Å². The molecule has 0 radical (unpaired) electrons. The molecule has 7 heteroatoms. The number of aromatic nitrogens is 1. The van der Waals surface area contributed by atoms with E-state index in [1.54, 1.807) is 25.3 Å². The minimum Gasteiger partial charge on any atom is -0.466 e. The van der Waals surface area contributed by atoms with Gasteiger partial charge in [-0.1, -0.05) is 0 Å². The van der Waals surface area contributed by atoms with E-state index in [1.165, 1.54) is 0 Å². The second-order valence-corrected chi connectivity index (χ2v) is 6.95. The molecule has 0 aliphatic carbocycles. The molecule has 0 spiro atoms. The van der Waals surface area contributed by atoms with Crippen LogP contribution in [-0.4, -0.2) is 40.7 Å². The molecule has 2 aromatic heterocycles. The Kier molecular flexibility index (Phi) is 6.12. The van der Waals surface area contributed by atoms with E-state index >= 15 is 0 Å². The Morgan fingerprint density at radius 3 is 2.83 bits per heavy atom. The van der Waals surface area contributed by atoms with Crippen LogP contribution in [0, 0.1) is 0 Å². The summed E-state index contributed by atoms with van der Waals surface area (Å²) in [6.45, 7) is 5.39. The van der Waals surface area contributed by atoms with Crippen molar-refractivity contribution >= 4 is 21.9 Å². The van der Waals surface area contributed by atoms with Gasteiger partial charge in [-0.05, 0) is 48.0 Å². The van der Waals surface area contributed by atoms with Gasteiger partial charge in [0.2, 0.25) is 0 Å². The van der Waals surface area contributed by atoms with E-state index in [2.05, 4.69) is 36.9 Å². The summed E-state index contributed by atoms with van der Waals surface area (Å²) in [5.41, 5.74) is 0.0201. The van der Waals surface area contributed by atoms with Crippen LogP contribution in [0.15, 0.2) is 44.5 Å². The van der Waals surface area contributed by atoms with Crippen LogP contribution in [-0.2, 0) is 19.2 Å². The number of nitrogens with zero attached hydrogens (tertiary/aromatic N) is 3. The Bertz CT molecular complexity index is 677. The number of aryl methyl sites for hydroxylation is 1. The van der Waals surface area contributed by atoms with Crippen molar-refractivity contribution in [3.05, 3.63) is 46.6 Å². The van der Waals surface area contributed by atoms with Gasteiger partial charge in [-0.15, -0.1) is 0 Å². The molecule has 0 saturated heterocycles. The van der Waals surface area contributed by atoms with Gasteiger partial charge in [0.15, 0.2) is 5.96 Å². The maximum Gasteiger partial charge on any atom is 0.194 e. The molecule has 0 aromatic carbocycles. The summed E-state index contributed by atoms with van der Waals surface area (Å²) in [5.74, 6) is 1.25. The molecule has 2 heterocycles. The smallest absolute Gasteiger partial charge is 0.194 e. The first kappa shape index (κ1) is 18.6. The Balaban J connectivity index is 2.11. The molecule has 2 N–H and O–H groups in total. The van der Waals surface area contributed by atoms with Crippen molar-refractivity contribution in [3.8, 4) is 0 Å². The highest BCUT2D eigenvalue weighted by Crippen LogP contribution is 2.21. The zero-order valence-corrected chi connectivity index (χ0v) is 16.2. The minimum atomic E-state index is -1.14. The van der Waals surface area contributed by atoms with Gasteiger partial charge in [-0.3, -0.25) is 0 Å². The Hall–Kier alpha value is -1.73. The third kappa shape index (κ3) is 4.64. The monoisotopic (exact) mass is 396 g/mol. The molecular weight excluding hydrogens is 372 g/mol. The van der Waals surface area contributed by atoms with Crippen molar-refractivity contribution in [1.29, 1.82) is 0 Å². The highest BCUT2D eigenvalue weighted by Gasteiger charge is 2.26. The predicted octanol–water partition coefficient (Wildman–Crippen LogP) is 2.69. The van der Waals surface area contributed by atoms with Gasteiger partial charge in [0.05, 0.1) is 19.4 Å². The van der Waals surface area contributed by atoms with Crippen molar-refractivity contribution in [2.24, 2.45) is 12.0 Å². The van der Waals surface area contributed by atoms with Crippen LogP contribution >= 0.6 is 15.9 Å². The lowest BCUT2D eigenvalue weighted by molar-refractivity contribution is 0.0435. The topological polar surface area (TPSA) is 65.9 Å². The normalized spacial score (nSPS) is 14.5. The maximum absolute atomic E-state index is 10.6. The second kappa shape index (κ2) is 7.90. The van der Waals surface area contributed by atoms with E-state index in [9.17, 15) is 5.11 Å². The first-order chi connectivity index (χ1) is 11.3. The van der Waals surface area contributed by atoms with Gasteiger partial charge in [0, 0.05) is 37.0 Å². The fourth-order valence-corrected chi connectivity index (χ4v) is 2.97. The van der Waals surface area contributed by atoms with Gasteiger partial charge in [0.1, 0.15) is 11.4 Å².